The molecule has 0 spiro atoms. The predicted molar refractivity (Wildman–Crippen MR) is 135 cm³/mol. The molecule has 0 fully saturated rings. The van der Waals surface area contributed by atoms with Crippen molar-refractivity contribution in [1.29, 1.82) is 0 Å². The van der Waals surface area contributed by atoms with Gasteiger partial charge in [0.1, 0.15) is 0 Å². The van der Waals surface area contributed by atoms with Gasteiger partial charge in [-0.2, -0.15) is 5.10 Å². The molecule has 8 heteroatoms. The fourth-order valence-corrected chi connectivity index (χ4v) is 3.67. The summed E-state index contributed by atoms with van der Waals surface area (Å²) in [6.45, 7) is 9.24. The van der Waals surface area contributed by atoms with Gasteiger partial charge in [-0.1, -0.05) is 24.1 Å². The van der Waals surface area contributed by atoms with Crippen LogP contribution in [0.5, 0.6) is 11.5 Å². The molecule has 34 heavy (non-hydrogen) atoms. The van der Waals surface area contributed by atoms with Crippen LogP contribution >= 0.6 is 0 Å². The molecule has 2 aromatic carbocycles. The SMILES string of the molecule is CCCn1cc(CN=C(NC(=O)c2cc(C)cc(C)c2)Nc2ccc(OC)c(OC)c2)c(C)n1. The van der Waals surface area contributed by atoms with Crippen LogP contribution in [0.1, 0.15) is 46.1 Å². The van der Waals surface area contributed by atoms with Gasteiger partial charge in [-0.3, -0.25) is 14.8 Å². The maximum Gasteiger partial charge on any atom is 0.257 e. The van der Waals surface area contributed by atoms with Gasteiger partial charge in [0.2, 0.25) is 5.96 Å². The highest BCUT2D eigenvalue weighted by atomic mass is 16.5. The van der Waals surface area contributed by atoms with E-state index in [9.17, 15) is 4.79 Å². The third kappa shape index (κ3) is 6.37. The minimum Gasteiger partial charge on any atom is -0.493 e. The van der Waals surface area contributed by atoms with Gasteiger partial charge in [-0.25, -0.2) is 4.99 Å². The Balaban J connectivity index is 1.89. The summed E-state index contributed by atoms with van der Waals surface area (Å²) in [5.41, 5.74) is 5.25. The molecule has 0 aliphatic carbocycles. The molecule has 0 unspecified atom stereocenters. The van der Waals surface area contributed by atoms with Crippen LogP contribution < -0.4 is 20.1 Å². The molecule has 8 nitrogen and oxygen atoms in total. The zero-order valence-corrected chi connectivity index (χ0v) is 20.7. The topological polar surface area (TPSA) is 89.8 Å². The van der Waals surface area contributed by atoms with Gasteiger partial charge in [-0.05, 0) is 51.5 Å². The number of nitrogens with one attached hydrogen (secondary N) is 2. The van der Waals surface area contributed by atoms with Gasteiger partial charge in [0.15, 0.2) is 11.5 Å². The fourth-order valence-electron chi connectivity index (χ4n) is 3.67. The molecular weight excluding hydrogens is 430 g/mol. The summed E-state index contributed by atoms with van der Waals surface area (Å²) < 4.78 is 12.6. The number of benzene rings is 2. The van der Waals surface area contributed by atoms with E-state index >= 15 is 0 Å². The van der Waals surface area contributed by atoms with Gasteiger partial charge in [0, 0.05) is 35.6 Å². The number of aliphatic imine (C=N–C) groups is 1. The van der Waals surface area contributed by atoms with E-state index in [0.29, 0.717) is 35.3 Å². The van der Waals surface area contributed by atoms with Crippen LogP contribution in [0.15, 0.2) is 47.6 Å². The van der Waals surface area contributed by atoms with Crippen molar-refractivity contribution in [2.75, 3.05) is 19.5 Å². The molecule has 0 bridgehead atoms. The van der Waals surface area contributed by atoms with Gasteiger partial charge in [0.05, 0.1) is 26.5 Å². The molecule has 0 radical (unpaired) electrons. The van der Waals surface area contributed by atoms with E-state index in [1.807, 2.05) is 55.9 Å². The highest BCUT2D eigenvalue weighted by Gasteiger charge is 2.13. The zero-order chi connectivity index (χ0) is 24.7. The number of carbonyl (C=O) groups is 1. The average Bonchev–Trinajstić information content (AvgIpc) is 3.15. The number of rotatable bonds is 8. The number of aryl methyl sites for hydroxylation is 4. The summed E-state index contributed by atoms with van der Waals surface area (Å²) in [6, 6.07) is 11.2. The first-order valence-corrected chi connectivity index (χ1v) is 11.3. The monoisotopic (exact) mass is 463 g/mol. The number of nitrogens with zero attached hydrogens (tertiary/aromatic N) is 3. The number of ether oxygens (including phenoxy) is 2. The van der Waals surface area contributed by atoms with Crippen LogP contribution in [0.2, 0.25) is 0 Å². The zero-order valence-electron chi connectivity index (χ0n) is 20.7. The molecule has 3 rings (SSSR count). The molecule has 1 amide bonds. The first kappa shape index (κ1) is 24.8. The summed E-state index contributed by atoms with van der Waals surface area (Å²) in [4.78, 5) is 17.7. The number of aromatic nitrogens is 2. The van der Waals surface area contributed by atoms with E-state index in [1.165, 1.54) is 0 Å². The first-order chi connectivity index (χ1) is 16.3. The Morgan fingerprint density at radius 3 is 2.38 bits per heavy atom. The van der Waals surface area contributed by atoms with Crippen LogP contribution in [0.25, 0.3) is 0 Å². The van der Waals surface area contributed by atoms with Crippen LogP contribution in [0.3, 0.4) is 0 Å². The van der Waals surface area contributed by atoms with Gasteiger partial charge in [-0.15, -0.1) is 0 Å². The second-order valence-electron chi connectivity index (χ2n) is 8.19. The Morgan fingerprint density at radius 2 is 1.74 bits per heavy atom. The molecule has 1 aromatic heterocycles. The second kappa shape index (κ2) is 11.4. The molecule has 0 saturated heterocycles. The smallest absolute Gasteiger partial charge is 0.257 e. The third-order valence-electron chi connectivity index (χ3n) is 5.27. The van der Waals surface area contributed by atoms with Crippen molar-refractivity contribution >= 4 is 17.6 Å². The number of anilines is 1. The van der Waals surface area contributed by atoms with Gasteiger partial charge >= 0.3 is 0 Å². The summed E-state index contributed by atoms with van der Waals surface area (Å²) in [5.74, 6) is 1.28. The lowest BCUT2D eigenvalue weighted by Crippen LogP contribution is -2.36. The fraction of sp³-hybridized carbons (Fsp3) is 0.346. The number of carbonyl (C=O) groups excluding carboxylic acids is 1. The van der Waals surface area contributed by atoms with Crippen molar-refractivity contribution in [2.45, 2.75) is 47.2 Å². The van der Waals surface area contributed by atoms with Crippen LogP contribution in [-0.4, -0.2) is 35.9 Å². The number of amides is 1. The van der Waals surface area contributed by atoms with E-state index in [2.05, 4.69) is 27.6 Å². The number of hydrogen-bond donors (Lipinski definition) is 2. The lowest BCUT2D eigenvalue weighted by Gasteiger charge is -2.14. The summed E-state index contributed by atoms with van der Waals surface area (Å²) in [5, 5.41) is 10.7. The van der Waals surface area contributed by atoms with Crippen LogP contribution in [0, 0.1) is 20.8 Å². The Hall–Kier alpha value is -3.81. The Labute approximate surface area is 201 Å². The average molecular weight is 464 g/mol. The summed E-state index contributed by atoms with van der Waals surface area (Å²) in [6.07, 6.45) is 3.00. The van der Waals surface area contributed by atoms with E-state index in [0.717, 1.165) is 35.3 Å². The Morgan fingerprint density at radius 1 is 1.03 bits per heavy atom. The Bertz CT molecular complexity index is 1160. The van der Waals surface area contributed by atoms with Crippen molar-refractivity contribution in [3.05, 3.63) is 70.5 Å². The molecule has 180 valence electrons. The van der Waals surface area contributed by atoms with E-state index < -0.39 is 0 Å². The Kier molecular flexibility index (Phi) is 8.29. The highest BCUT2D eigenvalue weighted by Crippen LogP contribution is 2.29. The molecule has 0 aliphatic rings. The molecule has 3 aromatic rings. The highest BCUT2D eigenvalue weighted by molar-refractivity contribution is 6.10. The largest absolute Gasteiger partial charge is 0.493 e. The summed E-state index contributed by atoms with van der Waals surface area (Å²) >= 11 is 0. The first-order valence-electron chi connectivity index (χ1n) is 11.3. The van der Waals surface area contributed by atoms with Crippen LogP contribution in [-0.2, 0) is 13.1 Å². The molecule has 0 aliphatic heterocycles. The normalized spacial score (nSPS) is 11.3. The van der Waals surface area contributed by atoms with E-state index in [4.69, 9.17) is 9.47 Å². The van der Waals surface area contributed by atoms with Crippen molar-refractivity contribution in [3.63, 3.8) is 0 Å². The third-order valence-corrected chi connectivity index (χ3v) is 5.27. The standard InChI is InChI=1S/C26H33N5O3/c1-7-10-31-16-21(19(4)30-31)15-27-26(28-22-8-9-23(33-5)24(14-22)34-6)29-25(32)20-12-17(2)11-18(3)13-20/h8-9,11-14,16H,7,10,15H2,1-6H3,(H2,27,28,29,32). The van der Waals surface area contributed by atoms with Crippen molar-refractivity contribution < 1.29 is 14.3 Å². The predicted octanol–water partition coefficient (Wildman–Crippen LogP) is 4.63. The number of guanidine groups is 1. The molecule has 1 heterocycles. The van der Waals surface area contributed by atoms with Crippen molar-refractivity contribution in [1.82, 2.24) is 15.1 Å². The minimum atomic E-state index is -0.239. The van der Waals surface area contributed by atoms with Gasteiger partial charge < -0.3 is 14.8 Å². The lowest BCUT2D eigenvalue weighted by molar-refractivity contribution is 0.0976. The van der Waals surface area contributed by atoms with E-state index in [-0.39, 0.29) is 5.91 Å². The number of hydrogen-bond acceptors (Lipinski definition) is 5. The molecular formula is C26H33N5O3. The quantitative estimate of drug-likeness (QED) is 0.375. The summed E-state index contributed by atoms with van der Waals surface area (Å²) in [7, 11) is 3.16. The lowest BCUT2D eigenvalue weighted by atomic mass is 10.1. The molecule has 2 N–H and O–H groups in total. The molecule has 0 atom stereocenters. The van der Waals surface area contributed by atoms with Gasteiger partial charge in [0.25, 0.3) is 5.91 Å². The van der Waals surface area contributed by atoms with Crippen molar-refractivity contribution in [3.8, 4) is 11.5 Å². The maximum atomic E-state index is 13.0. The maximum absolute atomic E-state index is 13.0. The minimum absolute atomic E-state index is 0.239. The number of methoxy groups -OCH3 is 2. The van der Waals surface area contributed by atoms with Crippen molar-refractivity contribution in [2.24, 2.45) is 4.99 Å². The molecule has 0 saturated carbocycles. The second-order valence-corrected chi connectivity index (χ2v) is 8.19. The van der Waals surface area contributed by atoms with Crippen LogP contribution in [0.4, 0.5) is 5.69 Å². The van der Waals surface area contributed by atoms with E-state index in [1.54, 1.807) is 26.4 Å².